The van der Waals surface area contributed by atoms with E-state index in [1.807, 2.05) is 0 Å². The first-order valence-corrected chi connectivity index (χ1v) is 11.0. The van der Waals surface area contributed by atoms with Gasteiger partial charge in [0, 0.05) is 51.2 Å². The van der Waals surface area contributed by atoms with Gasteiger partial charge in [-0.3, -0.25) is 9.69 Å². The van der Waals surface area contributed by atoms with Gasteiger partial charge in [0.25, 0.3) is 0 Å². The van der Waals surface area contributed by atoms with Gasteiger partial charge in [0.15, 0.2) is 0 Å². The van der Waals surface area contributed by atoms with Gasteiger partial charge in [-0.05, 0) is 43.1 Å². The number of carbonyl (C=O) groups is 1. The molecule has 28 heavy (non-hydrogen) atoms. The Morgan fingerprint density at radius 2 is 1.79 bits per heavy atom. The maximum Gasteiger partial charge on any atom is 0.222 e. The molecular weight excluding hydrogens is 352 g/mol. The fourth-order valence-electron chi connectivity index (χ4n) is 5.75. The van der Waals surface area contributed by atoms with E-state index in [0.717, 1.165) is 52.1 Å². The van der Waals surface area contributed by atoms with Crippen molar-refractivity contribution in [1.29, 1.82) is 0 Å². The summed E-state index contributed by atoms with van der Waals surface area (Å²) in [5.74, 6) is 1.91. The molecule has 5 heteroatoms. The summed E-state index contributed by atoms with van der Waals surface area (Å²) >= 11 is 0. The van der Waals surface area contributed by atoms with Crippen molar-refractivity contribution in [3.63, 3.8) is 0 Å². The fourth-order valence-corrected chi connectivity index (χ4v) is 5.75. The van der Waals surface area contributed by atoms with Gasteiger partial charge in [-0.1, -0.05) is 30.3 Å². The van der Waals surface area contributed by atoms with E-state index >= 15 is 0 Å². The quantitative estimate of drug-likeness (QED) is 0.817. The number of carbonyl (C=O) groups excluding carboxylic acids is 1. The van der Waals surface area contributed by atoms with E-state index in [4.69, 9.17) is 4.74 Å². The summed E-state index contributed by atoms with van der Waals surface area (Å²) in [6.45, 7) is 4.53. The molecule has 5 rings (SSSR count). The average molecular weight is 385 g/mol. The normalized spacial score (nSPS) is 30.1. The highest BCUT2D eigenvalue weighted by molar-refractivity contribution is 5.78. The lowest BCUT2D eigenvalue weighted by molar-refractivity contribution is -0.201. The summed E-state index contributed by atoms with van der Waals surface area (Å²) in [5.41, 5.74) is 1.31. The number of aliphatic hydroxyl groups excluding tert-OH is 1. The van der Waals surface area contributed by atoms with Crippen LogP contribution in [-0.2, 0) is 9.53 Å². The molecular formula is C23H32N2O3. The highest BCUT2D eigenvalue weighted by Crippen LogP contribution is 2.54. The second-order valence-electron chi connectivity index (χ2n) is 9.35. The summed E-state index contributed by atoms with van der Waals surface area (Å²) < 4.78 is 5.54. The molecule has 0 radical (unpaired) electrons. The Hall–Kier alpha value is -1.43. The number of amides is 1. The van der Waals surface area contributed by atoms with Crippen LogP contribution in [0.15, 0.2) is 30.3 Å². The van der Waals surface area contributed by atoms with Crippen LogP contribution in [0.4, 0.5) is 0 Å². The zero-order valence-corrected chi connectivity index (χ0v) is 16.6. The maximum atomic E-state index is 12.6. The minimum absolute atomic E-state index is 0.00622. The lowest BCUT2D eigenvalue weighted by Gasteiger charge is -2.71. The highest BCUT2D eigenvalue weighted by Gasteiger charge is 2.66. The summed E-state index contributed by atoms with van der Waals surface area (Å²) in [6, 6.07) is 10.8. The molecule has 4 aliphatic rings. The third-order valence-electron chi connectivity index (χ3n) is 7.52. The predicted molar refractivity (Wildman–Crippen MR) is 107 cm³/mol. The SMILES string of the molecule is O=C(CC1CC1)N1CC2(C1)[C@H](c1ccccc1)[C@@H](CO)N2CC1CCOCC1. The maximum absolute atomic E-state index is 12.6. The smallest absolute Gasteiger partial charge is 0.222 e. The van der Waals surface area contributed by atoms with E-state index in [1.165, 1.54) is 18.4 Å². The number of likely N-dealkylation sites (tertiary alicyclic amines) is 2. The van der Waals surface area contributed by atoms with Crippen LogP contribution < -0.4 is 0 Å². The third-order valence-corrected chi connectivity index (χ3v) is 7.52. The summed E-state index contributed by atoms with van der Waals surface area (Å²) in [6.07, 6.45) is 5.38. The van der Waals surface area contributed by atoms with Gasteiger partial charge in [-0.15, -0.1) is 0 Å². The first-order valence-electron chi connectivity index (χ1n) is 11.0. The summed E-state index contributed by atoms with van der Waals surface area (Å²) in [5, 5.41) is 10.2. The molecule has 1 spiro atoms. The molecule has 0 unspecified atom stereocenters. The van der Waals surface area contributed by atoms with Crippen LogP contribution in [0.25, 0.3) is 0 Å². The van der Waals surface area contributed by atoms with E-state index in [-0.39, 0.29) is 18.2 Å². The summed E-state index contributed by atoms with van der Waals surface area (Å²) in [4.78, 5) is 17.2. The number of rotatable bonds is 6. The van der Waals surface area contributed by atoms with E-state index in [0.29, 0.717) is 23.7 Å². The Kier molecular flexibility index (Phi) is 4.93. The Morgan fingerprint density at radius 1 is 1.07 bits per heavy atom. The van der Waals surface area contributed by atoms with Crippen LogP contribution in [-0.4, -0.2) is 71.8 Å². The second-order valence-corrected chi connectivity index (χ2v) is 9.35. The number of nitrogens with zero attached hydrogens (tertiary/aromatic N) is 2. The third kappa shape index (κ3) is 3.17. The molecule has 1 aliphatic carbocycles. The molecule has 3 heterocycles. The van der Waals surface area contributed by atoms with Crippen LogP contribution in [0.1, 0.15) is 43.6 Å². The lowest BCUT2D eigenvalue weighted by Crippen LogP contribution is -2.85. The van der Waals surface area contributed by atoms with Crippen LogP contribution in [0, 0.1) is 11.8 Å². The number of hydrogen-bond acceptors (Lipinski definition) is 4. The van der Waals surface area contributed by atoms with Crippen molar-refractivity contribution >= 4 is 5.91 Å². The zero-order valence-electron chi connectivity index (χ0n) is 16.6. The second kappa shape index (κ2) is 7.43. The lowest BCUT2D eigenvalue weighted by atomic mass is 9.60. The van der Waals surface area contributed by atoms with Gasteiger partial charge in [-0.25, -0.2) is 0 Å². The van der Waals surface area contributed by atoms with Gasteiger partial charge >= 0.3 is 0 Å². The standard InChI is InChI=1S/C23H32N2O3/c26-14-20-22(19-4-2-1-3-5-19)23(25(20)13-18-8-10-28-11-9-18)15-24(16-23)21(27)12-17-6-7-17/h1-5,17-18,20,22,26H,6-16H2/t20-,22-/m1/s1. The van der Waals surface area contributed by atoms with Gasteiger partial charge in [0.2, 0.25) is 5.91 Å². The average Bonchev–Trinajstić information content (AvgIpc) is 3.49. The van der Waals surface area contributed by atoms with E-state index < -0.39 is 0 Å². The van der Waals surface area contributed by atoms with Crippen molar-refractivity contribution in [2.75, 3.05) is 39.5 Å². The van der Waals surface area contributed by atoms with Crippen molar-refractivity contribution in [3.8, 4) is 0 Å². The largest absolute Gasteiger partial charge is 0.395 e. The molecule has 1 amide bonds. The fraction of sp³-hybridized carbons (Fsp3) is 0.696. The zero-order chi connectivity index (χ0) is 19.1. The number of hydrogen-bond donors (Lipinski definition) is 1. The monoisotopic (exact) mass is 384 g/mol. The van der Waals surface area contributed by atoms with E-state index in [1.54, 1.807) is 0 Å². The van der Waals surface area contributed by atoms with Crippen molar-refractivity contribution < 1.29 is 14.6 Å². The minimum atomic E-state index is 0.00622. The molecule has 1 N–H and O–H groups in total. The molecule has 152 valence electrons. The first kappa shape index (κ1) is 18.6. The van der Waals surface area contributed by atoms with Gasteiger partial charge in [0.05, 0.1) is 12.1 Å². The summed E-state index contributed by atoms with van der Waals surface area (Å²) in [7, 11) is 0. The number of ether oxygens (including phenoxy) is 1. The van der Waals surface area contributed by atoms with Crippen LogP contribution in [0.3, 0.4) is 0 Å². The molecule has 3 aliphatic heterocycles. The van der Waals surface area contributed by atoms with Crippen molar-refractivity contribution in [3.05, 3.63) is 35.9 Å². The van der Waals surface area contributed by atoms with Crippen molar-refractivity contribution in [2.24, 2.45) is 11.8 Å². The van der Waals surface area contributed by atoms with E-state index in [9.17, 15) is 9.90 Å². The van der Waals surface area contributed by atoms with E-state index in [2.05, 4.69) is 40.1 Å². The Labute approximate surface area is 167 Å². The Balaban J connectivity index is 1.35. The number of aliphatic hydroxyl groups is 1. The topological polar surface area (TPSA) is 53.0 Å². The molecule has 4 fully saturated rings. The molecule has 3 saturated heterocycles. The molecule has 1 aromatic rings. The molecule has 0 aromatic heterocycles. The minimum Gasteiger partial charge on any atom is -0.395 e. The highest BCUT2D eigenvalue weighted by atomic mass is 16.5. The van der Waals surface area contributed by atoms with Gasteiger partial charge in [0.1, 0.15) is 0 Å². The molecule has 1 saturated carbocycles. The van der Waals surface area contributed by atoms with Gasteiger partial charge < -0.3 is 14.7 Å². The van der Waals surface area contributed by atoms with Crippen LogP contribution in [0.2, 0.25) is 0 Å². The van der Waals surface area contributed by atoms with Gasteiger partial charge in [-0.2, -0.15) is 0 Å². The van der Waals surface area contributed by atoms with Crippen LogP contribution in [0.5, 0.6) is 0 Å². The van der Waals surface area contributed by atoms with Crippen LogP contribution >= 0.6 is 0 Å². The molecule has 5 nitrogen and oxygen atoms in total. The number of benzene rings is 1. The Morgan fingerprint density at radius 3 is 2.43 bits per heavy atom. The first-order chi connectivity index (χ1) is 13.7. The molecule has 2 atom stereocenters. The predicted octanol–water partition coefficient (Wildman–Crippen LogP) is 2.25. The van der Waals surface area contributed by atoms with Crippen molar-refractivity contribution in [2.45, 2.75) is 49.6 Å². The molecule has 0 bridgehead atoms. The molecule has 1 aromatic carbocycles. The van der Waals surface area contributed by atoms with Crippen molar-refractivity contribution in [1.82, 2.24) is 9.80 Å². The Bertz CT molecular complexity index is 693.